The first kappa shape index (κ1) is 49.3. The van der Waals surface area contributed by atoms with Crippen LogP contribution in [0.1, 0.15) is 5.56 Å². The van der Waals surface area contributed by atoms with Crippen molar-refractivity contribution in [3.8, 4) is 68.0 Å². The molecule has 5 heterocycles. The van der Waals surface area contributed by atoms with Gasteiger partial charge in [0.25, 0.3) is 0 Å². The molecule has 406 valence electrons. The minimum Gasteiger partial charge on any atom is -0.309 e. The number of halogens is 3. The van der Waals surface area contributed by atoms with Gasteiger partial charge in [-0.3, -0.25) is 0 Å². The van der Waals surface area contributed by atoms with Crippen LogP contribution in [0.2, 0.25) is 0 Å². The highest BCUT2D eigenvalue weighted by atomic mass is 19.4. The fraction of sp³-hybridized carbons (Fsp3) is 0.0132. The van der Waals surface area contributed by atoms with Gasteiger partial charge in [0, 0.05) is 82.4 Å². The average molecular weight is 1110 g/mol. The summed E-state index contributed by atoms with van der Waals surface area (Å²) in [6.07, 6.45) is -4.77. The molecule has 0 saturated heterocycles. The van der Waals surface area contributed by atoms with E-state index in [1.807, 2.05) is 115 Å². The number of benzene rings is 12. The molecule has 0 aliphatic carbocycles. The number of rotatable bonds is 8. The summed E-state index contributed by atoms with van der Waals surface area (Å²) >= 11 is 0. The molecule has 12 aromatic carbocycles. The quantitative estimate of drug-likeness (QED) is 0.152. The van der Waals surface area contributed by atoms with Crippen LogP contribution in [0.15, 0.2) is 279 Å². The Labute approximate surface area is 490 Å². The number of aromatic nitrogens is 7. The molecule has 5 aromatic heterocycles. The van der Waals surface area contributed by atoms with Crippen LogP contribution in [0.3, 0.4) is 0 Å². The Morgan fingerprint density at radius 3 is 0.988 bits per heavy atom. The molecule has 0 aliphatic rings. The van der Waals surface area contributed by atoms with E-state index in [9.17, 15) is 0 Å². The predicted molar refractivity (Wildman–Crippen MR) is 344 cm³/mol. The zero-order valence-electron chi connectivity index (χ0n) is 45.8. The lowest BCUT2D eigenvalue weighted by Gasteiger charge is -2.21. The highest BCUT2D eigenvalue weighted by Crippen LogP contribution is 2.46. The standard InChI is InChI=1S/C76H46F3N7/c77-76(78,79)63-39-36-50(85-68-33-17-11-27-57(68)61-45-51(37-41-70(61)85)83-64-29-13-7-23-53(64)54-24-8-14-30-65(54)83)44-59(63)60-43-49(75-81-73(47-19-3-1-4-20-47)80-74(82-75)48-21-5-2-6-22-48)35-40-71(60)86-69-34-18-12-28-58(69)62-46-52(38-42-72(62)86)84-66-31-15-9-25-55(66)56-26-10-16-32-67(56)84/h1-46H. The van der Waals surface area contributed by atoms with Gasteiger partial charge in [0.2, 0.25) is 0 Å². The Balaban J connectivity index is 0.924. The first-order chi connectivity index (χ1) is 42.3. The topological polar surface area (TPSA) is 58.4 Å². The summed E-state index contributed by atoms with van der Waals surface area (Å²) in [6, 6.07) is 92.4. The number of nitrogens with zero attached hydrogens (tertiary/aromatic N) is 7. The van der Waals surface area contributed by atoms with Gasteiger partial charge in [-0.15, -0.1) is 0 Å². The molecule has 0 N–H and O–H groups in total. The van der Waals surface area contributed by atoms with Crippen molar-refractivity contribution in [2.75, 3.05) is 0 Å². The average Bonchev–Trinajstić information content (AvgIpc) is 1.94. The van der Waals surface area contributed by atoms with Gasteiger partial charge < -0.3 is 18.3 Å². The van der Waals surface area contributed by atoms with E-state index >= 15 is 13.2 Å². The van der Waals surface area contributed by atoms with Gasteiger partial charge in [0.05, 0.1) is 55.4 Å². The van der Waals surface area contributed by atoms with Crippen LogP contribution in [0, 0.1) is 0 Å². The summed E-state index contributed by atoms with van der Waals surface area (Å²) in [4.78, 5) is 15.2. The molecule has 0 unspecified atom stereocenters. The molecule has 0 fully saturated rings. The van der Waals surface area contributed by atoms with Gasteiger partial charge >= 0.3 is 6.18 Å². The maximum atomic E-state index is 16.3. The summed E-state index contributed by atoms with van der Waals surface area (Å²) < 4.78 is 57.8. The molecule has 7 nitrogen and oxygen atoms in total. The summed E-state index contributed by atoms with van der Waals surface area (Å²) in [5.41, 5.74) is 12.3. The fourth-order valence-corrected chi connectivity index (χ4v) is 13.3. The van der Waals surface area contributed by atoms with Crippen LogP contribution in [0.5, 0.6) is 0 Å². The van der Waals surface area contributed by atoms with E-state index in [0.29, 0.717) is 40.0 Å². The molecule has 17 aromatic rings. The van der Waals surface area contributed by atoms with Crippen molar-refractivity contribution in [1.29, 1.82) is 0 Å². The maximum Gasteiger partial charge on any atom is 0.417 e. The SMILES string of the molecule is FC(F)(F)c1ccc(-n2c3ccccc3c3cc(-n4c5ccccc5c5ccccc54)ccc32)cc1-c1cc(-c2nc(-c3ccccc3)nc(-c3ccccc3)n2)ccc1-n1c2ccccc2c2cc(-n3c4ccccc4c4ccccc43)ccc21. The molecular weight excluding hydrogens is 1070 g/mol. The first-order valence-electron chi connectivity index (χ1n) is 28.6. The number of hydrogen-bond acceptors (Lipinski definition) is 3. The summed E-state index contributed by atoms with van der Waals surface area (Å²) in [7, 11) is 0. The van der Waals surface area contributed by atoms with Gasteiger partial charge in [-0.2, -0.15) is 13.2 Å². The lowest BCUT2D eigenvalue weighted by Crippen LogP contribution is -2.10. The largest absolute Gasteiger partial charge is 0.417 e. The summed E-state index contributed by atoms with van der Waals surface area (Å²) in [6.45, 7) is 0. The maximum absolute atomic E-state index is 16.3. The Morgan fingerprint density at radius 2 is 0.570 bits per heavy atom. The van der Waals surface area contributed by atoms with Crippen LogP contribution in [-0.2, 0) is 6.18 Å². The van der Waals surface area contributed by atoms with Gasteiger partial charge in [-0.25, -0.2) is 15.0 Å². The molecule has 0 spiro atoms. The van der Waals surface area contributed by atoms with E-state index < -0.39 is 11.7 Å². The molecule has 0 bridgehead atoms. The number of fused-ring (bicyclic) bond motifs is 12. The molecule has 0 atom stereocenters. The van der Waals surface area contributed by atoms with Crippen molar-refractivity contribution in [2.45, 2.75) is 6.18 Å². The second kappa shape index (κ2) is 19.1. The van der Waals surface area contributed by atoms with E-state index in [1.165, 1.54) is 6.07 Å². The third kappa shape index (κ3) is 7.66. The molecule has 10 heteroatoms. The number of alkyl halides is 3. The van der Waals surface area contributed by atoms with E-state index in [4.69, 9.17) is 15.0 Å². The van der Waals surface area contributed by atoms with Crippen molar-refractivity contribution >= 4 is 87.2 Å². The van der Waals surface area contributed by atoms with Crippen molar-refractivity contribution in [3.63, 3.8) is 0 Å². The Kier molecular flexibility index (Phi) is 10.9. The highest BCUT2D eigenvalue weighted by molar-refractivity contribution is 6.14. The third-order valence-corrected chi connectivity index (χ3v) is 17.0. The van der Waals surface area contributed by atoms with Crippen molar-refractivity contribution in [3.05, 3.63) is 285 Å². The van der Waals surface area contributed by atoms with Crippen LogP contribution in [0.4, 0.5) is 13.2 Å². The molecular formula is C76H46F3N7. The molecule has 17 rings (SSSR count). The van der Waals surface area contributed by atoms with Crippen LogP contribution in [0.25, 0.3) is 155 Å². The number of hydrogen-bond donors (Lipinski definition) is 0. The van der Waals surface area contributed by atoms with E-state index in [0.717, 1.165) is 110 Å². The lowest BCUT2D eigenvalue weighted by molar-refractivity contribution is -0.137. The second-order valence-electron chi connectivity index (χ2n) is 21.8. The fourth-order valence-electron chi connectivity index (χ4n) is 13.3. The molecule has 0 aliphatic heterocycles. The predicted octanol–water partition coefficient (Wildman–Crippen LogP) is 19.9. The van der Waals surface area contributed by atoms with Crippen LogP contribution < -0.4 is 0 Å². The van der Waals surface area contributed by atoms with E-state index in [-0.39, 0.29) is 5.56 Å². The molecule has 86 heavy (non-hydrogen) atoms. The monoisotopic (exact) mass is 1110 g/mol. The Hall–Kier alpha value is -11.4. The van der Waals surface area contributed by atoms with Gasteiger partial charge in [0.15, 0.2) is 17.5 Å². The van der Waals surface area contributed by atoms with Crippen molar-refractivity contribution in [1.82, 2.24) is 33.2 Å². The molecule has 0 radical (unpaired) electrons. The van der Waals surface area contributed by atoms with Crippen LogP contribution in [-0.4, -0.2) is 33.2 Å². The summed E-state index contributed by atoms with van der Waals surface area (Å²) in [5.74, 6) is 1.19. The van der Waals surface area contributed by atoms with Crippen LogP contribution >= 0.6 is 0 Å². The highest BCUT2D eigenvalue weighted by Gasteiger charge is 2.35. The first-order valence-corrected chi connectivity index (χ1v) is 28.6. The Morgan fingerprint density at radius 1 is 0.244 bits per heavy atom. The van der Waals surface area contributed by atoms with E-state index in [1.54, 1.807) is 12.1 Å². The normalized spacial score (nSPS) is 12.1. The minimum absolute atomic E-state index is 0.00636. The summed E-state index contributed by atoms with van der Waals surface area (Å²) in [5, 5.41) is 8.43. The van der Waals surface area contributed by atoms with Gasteiger partial charge in [-0.05, 0) is 115 Å². The van der Waals surface area contributed by atoms with Gasteiger partial charge in [0.1, 0.15) is 0 Å². The third-order valence-electron chi connectivity index (χ3n) is 17.0. The Bertz CT molecular complexity index is 5430. The van der Waals surface area contributed by atoms with E-state index in [2.05, 4.69) is 164 Å². The zero-order chi connectivity index (χ0) is 57.2. The molecule has 0 saturated carbocycles. The number of para-hydroxylation sites is 6. The molecule has 0 amide bonds. The lowest BCUT2D eigenvalue weighted by atomic mass is 9.94. The van der Waals surface area contributed by atoms with Gasteiger partial charge in [-0.1, -0.05) is 170 Å². The second-order valence-corrected chi connectivity index (χ2v) is 21.8. The minimum atomic E-state index is -4.77. The van der Waals surface area contributed by atoms with Crippen molar-refractivity contribution < 1.29 is 13.2 Å². The smallest absolute Gasteiger partial charge is 0.309 e. The zero-order valence-corrected chi connectivity index (χ0v) is 45.8. The van der Waals surface area contributed by atoms with Crippen molar-refractivity contribution in [2.24, 2.45) is 0 Å².